The van der Waals surface area contributed by atoms with Crippen molar-refractivity contribution in [3.05, 3.63) is 52.0 Å². The molecule has 1 aromatic carbocycles. The van der Waals surface area contributed by atoms with Crippen molar-refractivity contribution < 1.29 is 9.90 Å². The van der Waals surface area contributed by atoms with Gasteiger partial charge < -0.3 is 9.67 Å². The van der Waals surface area contributed by atoms with Crippen molar-refractivity contribution in [3.63, 3.8) is 0 Å². The van der Waals surface area contributed by atoms with Crippen LogP contribution in [0.3, 0.4) is 0 Å². The molecule has 0 amide bonds. The quantitative estimate of drug-likeness (QED) is 0.937. The Balaban J connectivity index is 2.28. The molecule has 0 radical (unpaired) electrons. The van der Waals surface area contributed by atoms with Crippen LogP contribution in [0.1, 0.15) is 41.5 Å². The zero-order valence-electron chi connectivity index (χ0n) is 10.8. The minimum atomic E-state index is -0.919. The molecule has 1 heterocycles. The summed E-state index contributed by atoms with van der Waals surface area (Å²) >= 11 is 3.43. The van der Waals surface area contributed by atoms with Crippen LogP contribution in [0.15, 0.2) is 35.1 Å². The topological polar surface area (TPSA) is 55.1 Å². The monoisotopic (exact) mass is 322 g/mol. The maximum atomic E-state index is 10.9. The predicted octanol–water partition coefficient (Wildman–Crippen LogP) is 3.52. The van der Waals surface area contributed by atoms with E-state index < -0.39 is 5.97 Å². The van der Waals surface area contributed by atoms with Gasteiger partial charge in [-0.2, -0.15) is 0 Å². The second kappa shape index (κ2) is 5.57. The SMILES string of the molecule is CC(C)c1nccn1Cc1ccc(C(=O)O)cc1Br. The number of aromatic nitrogens is 2. The second-order valence-electron chi connectivity index (χ2n) is 4.68. The molecule has 4 nitrogen and oxygen atoms in total. The summed E-state index contributed by atoms with van der Waals surface area (Å²) in [6.07, 6.45) is 3.72. The van der Waals surface area contributed by atoms with Gasteiger partial charge in [0, 0.05) is 29.3 Å². The third kappa shape index (κ3) is 3.04. The number of carboxylic acid groups (broad SMARTS) is 1. The van der Waals surface area contributed by atoms with Crippen LogP contribution < -0.4 is 0 Å². The van der Waals surface area contributed by atoms with Crippen molar-refractivity contribution in [2.75, 3.05) is 0 Å². The van der Waals surface area contributed by atoms with Gasteiger partial charge in [0.1, 0.15) is 5.82 Å². The largest absolute Gasteiger partial charge is 0.478 e. The first-order chi connectivity index (χ1) is 8.99. The molecule has 1 aromatic heterocycles. The van der Waals surface area contributed by atoms with Crippen LogP contribution in [-0.4, -0.2) is 20.6 Å². The normalized spacial score (nSPS) is 10.9. The van der Waals surface area contributed by atoms with Crippen LogP contribution in [0, 0.1) is 0 Å². The number of hydrogen-bond acceptors (Lipinski definition) is 2. The molecule has 0 aliphatic rings. The molecule has 2 aromatic rings. The number of carbonyl (C=O) groups is 1. The molecule has 0 fully saturated rings. The lowest BCUT2D eigenvalue weighted by Crippen LogP contribution is -2.07. The maximum Gasteiger partial charge on any atom is 0.335 e. The lowest BCUT2D eigenvalue weighted by atomic mass is 10.1. The number of nitrogens with zero attached hydrogens (tertiary/aromatic N) is 2. The average Bonchev–Trinajstić information content (AvgIpc) is 2.79. The van der Waals surface area contributed by atoms with E-state index in [0.717, 1.165) is 15.9 Å². The van der Waals surface area contributed by atoms with Gasteiger partial charge in [-0.15, -0.1) is 0 Å². The van der Waals surface area contributed by atoms with E-state index in [0.29, 0.717) is 12.5 Å². The molecule has 0 saturated carbocycles. The summed E-state index contributed by atoms with van der Waals surface area (Å²) in [5.74, 6) is 0.457. The molecule has 0 atom stereocenters. The van der Waals surface area contributed by atoms with Crippen LogP contribution in [0.2, 0.25) is 0 Å². The van der Waals surface area contributed by atoms with E-state index in [2.05, 4.69) is 39.3 Å². The number of aromatic carboxylic acids is 1. The minimum Gasteiger partial charge on any atom is -0.478 e. The summed E-state index contributed by atoms with van der Waals surface area (Å²) < 4.78 is 2.88. The molecule has 1 N–H and O–H groups in total. The summed E-state index contributed by atoms with van der Waals surface area (Å²) in [4.78, 5) is 15.2. The molecule has 0 spiro atoms. The smallest absolute Gasteiger partial charge is 0.335 e. The van der Waals surface area contributed by atoms with E-state index >= 15 is 0 Å². The zero-order chi connectivity index (χ0) is 14.0. The highest BCUT2D eigenvalue weighted by Gasteiger charge is 2.10. The summed E-state index contributed by atoms with van der Waals surface area (Å²) in [5, 5.41) is 8.94. The number of benzene rings is 1. The van der Waals surface area contributed by atoms with Gasteiger partial charge in [0.15, 0.2) is 0 Å². The van der Waals surface area contributed by atoms with Crippen LogP contribution >= 0.6 is 15.9 Å². The van der Waals surface area contributed by atoms with Crippen molar-refractivity contribution in [2.45, 2.75) is 26.3 Å². The van der Waals surface area contributed by atoms with Crippen LogP contribution in [0.4, 0.5) is 0 Å². The van der Waals surface area contributed by atoms with Gasteiger partial charge in [0.25, 0.3) is 0 Å². The van der Waals surface area contributed by atoms with Crippen LogP contribution in [0.25, 0.3) is 0 Å². The molecule has 0 aliphatic heterocycles. The minimum absolute atomic E-state index is 0.283. The summed E-state index contributed by atoms with van der Waals surface area (Å²) in [5.41, 5.74) is 1.32. The fraction of sp³-hybridized carbons (Fsp3) is 0.286. The molecule has 0 unspecified atom stereocenters. The first-order valence-electron chi connectivity index (χ1n) is 6.01. The van der Waals surface area contributed by atoms with E-state index in [9.17, 15) is 4.79 Å². The highest BCUT2D eigenvalue weighted by Crippen LogP contribution is 2.21. The first kappa shape index (κ1) is 13.8. The second-order valence-corrected chi connectivity index (χ2v) is 5.53. The Morgan fingerprint density at radius 3 is 2.79 bits per heavy atom. The van der Waals surface area contributed by atoms with Crippen LogP contribution in [0.5, 0.6) is 0 Å². The molecule has 0 saturated heterocycles. The van der Waals surface area contributed by atoms with Gasteiger partial charge in [-0.25, -0.2) is 9.78 Å². The van der Waals surface area contributed by atoms with E-state index in [1.807, 2.05) is 12.3 Å². The molecule has 2 rings (SSSR count). The highest BCUT2D eigenvalue weighted by molar-refractivity contribution is 9.10. The molecule has 0 bridgehead atoms. The number of rotatable bonds is 4. The standard InChI is InChI=1S/C14H15BrN2O2/c1-9(2)13-16-5-6-17(13)8-11-4-3-10(14(18)19)7-12(11)15/h3-7,9H,8H2,1-2H3,(H,18,19). The van der Waals surface area contributed by atoms with E-state index in [-0.39, 0.29) is 5.56 Å². The maximum absolute atomic E-state index is 10.9. The molecule has 19 heavy (non-hydrogen) atoms. The Hall–Kier alpha value is -1.62. The Kier molecular flexibility index (Phi) is 4.04. The molecular formula is C14H15BrN2O2. The average molecular weight is 323 g/mol. The van der Waals surface area contributed by atoms with Gasteiger partial charge >= 0.3 is 5.97 Å². The van der Waals surface area contributed by atoms with Crippen molar-refractivity contribution in [3.8, 4) is 0 Å². The van der Waals surface area contributed by atoms with Crippen LogP contribution in [-0.2, 0) is 6.54 Å². The summed E-state index contributed by atoms with van der Waals surface area (Å²) in [6, 6.07) is 5.08. The summed E-state index contributed by atoms with van der Waals surface area (Å²) in [6.45, 7) is 4.87. The predicted molar refractivity (Wildman–Crippen MR) is 76.5 cm³/mol. The molecule has 5 heteroatoms. The van der Waals surface area contributed by atoms with E-state index in [4.69, 9.17) is 5.11 Å². The number of hydrogen-bond donors (Lipinski definition) is 1. The lowest BCUT2D eigenvalue weighted by molar-refractivity contribution is 0.0697. The van der Waals surface area contributed by atoms with E-state index in [1.165, 1.54) is 0 Å². The molecular weight excluding hydrogens is 308 g/mol. The third-order valence-electron chi connectivity index (χ3n) is 2.90. The number of halogens is 1. The highest BCUT2D eigenvalue weighted by atomic mass is 79.9. The van der Waals surface area contributed by atoms with Gasteiger partial charge in [-0.1, -0.05) is 35.8 Å². The van der Waals surface area contributed by atoms with Crippen molar-refractivity contribution in [2.24, 2.45) is 0 Å². The Morgan fingerprint density at radius 2 is 2.21 bits per heavy atom. The third-order valence-corrected chi connectivity index (χ3v) is 3.64. The van der Waals surface area contributed by atoms with Crippen molar-refractivity contribution >= 4 is 21.9 Å². The number of imidazole rings is 1. The van der Waals surface area contributed by atoms with Crippen molar-refractivity contribution in [1.29, 1.82) is 0 Å². The first-order valence-corrected chi connectivity index (χ1v) is 6.81. The molecule has 0 aliphatic carbocycles. The van der Waals surface area contributed by atoms with Gasteiger partial charge in [0.05, 0.1) is 5.56 Å². The fourth-order valence-electron chi connectivity index (χ4n) is 1.95. The van der Waals surface area contributed by atoms with Gasteiger partial charge in [0.2, 0.25) is 0 Å². The Bertz CT molecular complexity index is 605. The molecule has 100 valence electrons. The summed E-state index contributed by atoms with van der Waals surface area (Å²) in [7, 11) is 0. The van der Waals surface area contributed by atoms with E-state index in [1.54, 1.807) is 18.3 Å². The van der Waals surface area contributed by atoms with Gasteiger partial charge in [-0.3, -0.25) is 0 Å². The Labute approximate surface area is 120 Å². The van der Waals surface area contributed by atoms with Gasteiger partial charge in [-0.05, 0) is 17.7 Å². The zero-order valence-corrected chi connectivity index (χ0v) is 12.4. The number of carboxylic acids is 1. The fourth-order valence-corrected chi connectivity index (χ4v) is 2.45. The lowest BCUT2D eigenvalue weighted by Gasteiger charge is -2.12. The Morgan fingerprint density at radius 1 is 1.47 bits per heavy atom. The van der Waals surface area contributed by atoms with Crippen molar-refractivity contribution in [1.82, 2.24) is 9.55 Å².